The molecule has 1 aliphatic rings. The Labute approximate surface area is 119 Å². The van der Waals surface area contributed by atoms with Crippen molar-refractivity contribution in [3.63, 3.8) is 0 Å². The quantitative estimate of drug-likeness (QED) is 0.815. The molecular weight excluding hydrogens is 284 g/mol. The number of hydrogen-bond acceptors (Lipinski definition) is 5. The first kappa shape index (κ1) is 14.4. The zero-order chi connectivity index (χ0) is 14.5. The molecule has 2 rings (SSSR count). The molecule has 0 aliphatic carbocycles. The summed E-state index contributed by atoms with van der Waals surface area (Å²) in [5, 5.41) is 11.6. The zero-order valence-electron chi connectivity index (χ0n) is 10.6. The lowest BCUT2D eigenvalue weighted by Crippen LogP contribution is -2.42. The van der Waals surface area contributed by atoms with Gasteiger partial charge in [-0.15, -0.1) is 11.8 Å². The molecule has 1 aromatic rings. The lowest BCUT2D eigenvalue weighted by molar-refractivity contribution is -0.147. The molecule has 1 fully saturated rings. The van der Waals surface area contributed by atoms with E-state index in [4.69, 9.17) is 9.52 Å². The fraction of sp³-hybridized carbons (Fsp3) is 0.417. The van der Waals surface area contributed by atoms with Crippen molar-refractivity contribution < 1.29 is 23.9 Å². The maximum absolute atomic E-state index is 11.9. The van der Waals surface area contributed by atoms with Gasteiger partial charge in [0.2, 0.25) is 5.91 Å². The van der Waals surface area contributed by atoms with Crippen molar-refractivity contribution in [2.45, 2.75) is 12.5 Å². The number of carboxylic acids is 1. The summed E-state index contributed by atoms with van der Waals surface area (Å²) in [5.74, 6) is -0.800. The van der Waals surface area contributed by atoms with Gasteiger partial charge in [0.25, 0.3) is 5.91 Å². The maximum Gasteiger partial charge on any atom is 0.327 e. The second-order valence-electron chi connectivity index (χ2n) is 4.24. The van der Waals surface area contributed by atoms with Crippen LogP contribution in [0.1, 0.15) is 16.8 Å². The van der Waals surface area contributed by atoms with E-state index in [2.05, 4.69) is 5.32 Å². The van der Waals surface area contributed by atoms with Gasteiger partial charge < -0.3 is 19.7 Å². The predicted octanol–water partition coefficient (Wildman–Crippen LogP) is 0.386. The van der Waals surface area contributed by atoms with Crippen LogP contribution < -0.4 is 5.32 Å². The Morgan fingerprint density at radius 1 is 1.50 bits per heavy atom. The van der Waals surface area contributed by atoms with E-state index in [0.717, 1.165) is 0 Å². The van der Waals surface area contributed by atoms with Crippen LogP contribution in [-0.4, -0.2) is 52.0 Å². The summed E-state index contributed by atoms with van der Waals surface area (Å²) >= 11 is 1.41. The number of nitrogens with zero attached hydrogens (tertiary/aromatic N) is 1. The first-order valence-corrected chi connectivity index (χ1v) is 7.15. The van der Waals surface area contributed by atoms with E-state index in [1.165, 1.54) is 35.3 Å². The minimum absolute atomic E-state index is 0.0773. The van der Waals surface area contributed by atoms with E-state index >= 15 is 0 Å². The molecule has 20 heavy (non-hydrogen) atoms. The standard InChI is InChI=1S/C12H14N2O5S/c15-10(14-7-20-6-9(14)12(17)18)1-3-13-11(16)8-2-4-19-5-8/h2,4-5,9H,1,3,6-7H2,(H,13,16)(H,17,18)/t9-/m0/s1. The highest BCUT2D eigenvalue weighted by molar-refractivity contribution is 7.99. The first-order valence-electron chi connectivity index (χ1n) is 6.00. The van der Waals surface area contributed by atoms with E-state index in [1.54, 1.807) is 0 Å². The molecule has 2 amide bonds. The van der Waals surface area contributed by atoms with Gasteiger partial charge in [-0.05, 0) is 6.07 Å². The summed E-state index contributed by atoms with van der Waals surface area (Å²) in [4.78, 5) is 35.8. The molecule has 7 nitrogen and oxygen atoms in total. The van der Waals surface area contributed by atoms with Gasteiger partial charge in [0.15, 0.2) is 0 Å². The predicted molar refractivity (Wildman–Crippen MR) is 71.3 cm³/mol. The van der Waals surface area contributed by atoms with E-state index < -0.39 is 12.0 Å². The van der Waals surface area contributed by atoms with Gasteiger partial charge in [0.1, 0.15) is 12.3 Å². The molecule has 0 saturated carbocycles. The maximum atomic E-state index is 11.9. The third-order valence-electron chi connectivity index (χ3n) is 2.90. The summed E-state index contributed by atoms with van der Waals surface area (Å²) < 4.78 is 4.78. The number of rotatable bonds is 5. The fourth-order valence-corrected chi connectivity index (χ4v) is 2.99. The number of aliphatic carboxylic acids is 1. The zero-order valence-corrected chi connectivity index (χ0v) is 11.4. The molecule has 2 N–H and O–H groups in total. The van der Waals surface area contributed by atoms with Gasteiger partial charge in [-0.2, -0.15) is 0 Å². The van der Waals surface area contributed by atoms with Gasteiger partial charge in [0.05, 0.1) is 17.7 Å². The molecule has 0 bridgehead atoms. The highest BCUT2D eigenvalue weighted by Crippen LogP contribution is 2.21. The van der Waals surface area contributed by atoms with Gasteiger partial charge in [-0.25, -0.2) is 4.79 Å². The molecule has 1 aromatic heterocycles. The molecule has 1 aliphatic heterocycles. The number of carboxylic acid groups (broad SMARTS) is 1. The van der Waals surface area contributed by atoms with Crippen LogP contribution in [0.25, 0.3) is 0 Å². The van der Waals surface area contributed by atoms with Crippen molar-refractivity contribution in [1.82, 2.24) is 10.2 Å². The second kappa shape index (κ2) is 6.47. The highest BCUT2D eigenvalue weighted by Gasteiger charge is 2.34. The van der Waals surface area contributed by atoms with E-state index in [0.29, 0.717) is 17.2 Å². The van der Waals surface area contributed by atoms with Crippen LogP contribution >= 0.6 is 11.8 Å². The van der Waals surface area contributed by atoms with Crippen LogP contribution in [-0.2, 0) is 9.59 Å². The van der Waals surface area contributed by atoms with Crippen LogP contribution in [0.4, 0.5) is 0 Å². The van der Waals surface area contributed by atoms with Crippen LogP contribution in [0.15, 0.2) is 23.0 Å². The molecule has 2 heterocycles. The fourth-order valence-electron chi connectivity index (χ4n) is 1.82. The van der Waals surface area contributed by atoms with Gasteiger partial charge in [-0.1, -0.05) is 0 Å². The van der Waals surface area contributed by atoms with Gasteiger partial charge in [0, 0.05) is 18.7 Å². The van der Waals surface area contributed by atoms with Crippen molar-refractivity contribution in [2.24, 2.45) is 0 Å². The van der Waals surface area contributed by atoms with E-state index in [-0.39, 0.29) is 24.8 Å². The number of hydrogen-bond donors (Lipinski definition) is 2. The van der Waals surface area contributed by atoms with Crippen LogP contribution in [0.3, 0.4) is 0 Å². The average molecular weight is 298 g/mol. The normalized spacial score (nSPS) is 18.0. The Kier molecular flexibility index (Phi) is 4.67. The summed E-state index contributed by atoms with van der Waals surface area (Å²) in [6.45, 7) is 0.163. The number of amides is 2. The summed E-state index contributed by atoms with van der Waals surface area (Å²) in [7, 11) is 0. The third-order valence-corrected chi connectivity index (χ3v) is 3.91. The van der Waals surface area contributed by atoms with Crippen LogP contribution in [0.2, 0.25) is 0 Å². The minimum Gasteiger partial charge on any atom is -0.480 e. The van der Waals surface area contributed by atoms with Crippen molar-refractivity contribution in [1.29, 1.82) is 0 Å². The first-order chi connectivity index (χ1) is 9.59. The largest absolute Gasteiger partial charge is 0.480 e. The monoisotopic (exact) mass is 298 g/mol. The molecule has 108 valence electrons. The Morgan fingerprint density at radius 3 is 2.95 bits per heavy atom. The molecule has 0 aromatic carbocycles. The Morgan fingerprint density at radius 2 is 2.30 bits per heavy atom. The number of nitrogens with one attached hydrogen (secondary N) is 1. The molecule has 0 spiro atoms. The highest BCUT2D eigenvalue weighted by atomic mass is 32.2. The second-order valence-corrected chi connectivity index (χ2v) is 5.24. The van der Waals surface area contributed by atoms with Crippen molar-refractivity contribution in [3.8, 4) is 0 Å². The number of carbonyl (C=O) groups excluding carboxylic acids is 2. The van der Waals surface area contributed by atoms with Crippen molar-refractivity contribution in [2.75, 3.05) is 18.2 Å². The molecule has 0 radical (unpaired) electrons. The number of carbonyl (C=O) groups is 3. The van der Waals surface area contributed by atoms with Gasteiger partial charge in [-0.3, -0.25) is 9.59 Å². The summed E-state index contributed by atoms with van der Waals surface area (Å²) in [6.07, 6.45) is 2.78. The van der Waals surface area contributed by atoms with Crippen LogP contribution in [0.5, 0.6) is 0 Å². The number of thioether (sulfide) groups is 1. The minimum atomic E-state index is -0.995. The number of furan rings is 1. The summed E-state index contributed by atoms with van der Waals surface area (Å²) in [6, 6.07) is 0.756. The van der Waals surface area contributed by atoms with Crippen molar-refractivity contribution in [3.05, 3.63) is 24.2 Å². The molecule has 1 atom stereocenters. The van der Waals surface area contributed by atoms with Gasteiger partial charge >= 0.3 is 5.97 Å². The lowest BCUT2D eigenvalue weighted by Gasteiger charge is -2.20. The molecule has 8 heteroatoms. The topological polar surface area (TPSA) is 99.9 Å². The Hall–Kier alpha value is -1.96. The Balaban J connectivity index is 1.78. The SMILES string of the molecule is O=C(NCCC(=O)N1CSC[C@H]1C(=O)O)c1ccoc1. The van der Waals surface area contributed by atoms with E-state index in [1.807, 2.05) is 0 Å². The Bertz CT molecular complexity index is 502. The third kappa shape index (κ3) is 3.32. The molecule has 0 unspecified atom stereocenters. The smallest absolute Gasteiger partial charge is 0.327 e. The molecular formula is C12H14N2O5S. The summed E-state index contributed by atoms with van der Waals surface area (Å²) in [5.41, 5.74) is 0.387. The van der Waals surface area contributed by atoms with E-state index in [9.17, 15) is 14.4 Å². The van der Waals surface area contributed by atoms with Crippen molar-refractivity contribution >= 4 is 29.5 Å². The molecule has 1 saturated heterocycles. The lowest BCUT2D eigenvalue weighted by atomic mass is 10.2. The van der Waals surface area contributed by atoms with Crippen LogP contribution in [0, 0.1) is 0 Å². The average Bonchev–Trinajstić information content (AvgIpc) is 3.09.